The Morgan fingerprint density at radius 3 is 2.58 bits per heavy atom. The summed E-state index contributed by atoms with van der Waals surface area (Å²) in [6, 6.07) is 3.43. The van der Waals surface area contributed by atoms with Crippen LogP contribution < -0.4 is 5.32 Å². The normalized spacial score (nSPS) is 11.7. The third kappa shape index (κ3) is 4.82. The molecule has 1 N–H and O–H groups in total. The van der Waals surface area contributed by atoms with Crippen LogP contribution >= 0.6 is 0 Å². The summed E-state index contributed by atoms with van der Waals surface area (Å²) >= 11 is 0. The van der Waals surface area contributed by atoms with Crippen LogP contribution in [0.1, 0.15) is 13.8 Å². The van der Waals surface area contributed by atoms with Gasteiger partial charge in [-0.1, -0.05) is 13.8 Å². The minimum absolute atomic E-state index is 0.0797. The Labute approximate surface area is 112 Å². The molecule has 0 aromatic heterocycles. The van der Waals surface area contributed by atoms with E-state index in [1.54, 1.807) is 0 Å². The molecule has 0 saturated carbocycles. The summed E-state index contributed by atoms with van der Waals surface area (Å²) in [6.45, 7) is 5.44. The molecular weight excluding hydrogens is 249 g/mol. The van der Waals surface area contributed by atoms with E-state index < -0.39 is 10.7 Å². The second-order valence-corrected chi connectivity index (χ2v) is 5.67. The molecule has 0 amide bonds. The van der Waals surface area contributed by atoms with Crippen molar-refractivity contribution in [1.29, 1.82) is 0 Å². The van der Waals surface area contributed by atoms with E-state index in [1.165, 1.54) is 6.07 Å². The maximum Gasteiger partial charge on any atom is 0.292 e. The largest absolute Gasteiger partial charge is 0.379 e. The average molecular weight is 269 g/mol. The van der Waals surface area contributed by atoms with Crippen molar-refractivity contribution in [1.82, 2.24) is 4.90 Å². The lowest BCUT2D eigenvalue weighted by atomic mass is 9.93. The first-order valence-electron chi connectivity index (χ1n) is 6.04. The zero-order valence-corrected chi connectivity index (χ0v) is 11.7. The lowest BCUT2D eigenvalue weighted by molar-refractivity contribution is -0.384. The van der Waals surface area contributed by atoms with Crippen LogP contribution in [0.4, 0.5) is 15.8 Å². The van der Waals surface area contributed by atoms with Crippen molar-refractivity contribution in [3.8, 4) is 0 Å². The number of rotatable bonds is 6. The third-order valence-electron chi connectivity index (χ3n) is 2.66. The maximum absolute atomic E-state index is 13.2. The van der Waals surface area contributed by atoms with Crippen LogP contribution in [0.3, 0.4) is 0 Å². The number of halogens is 1. The van der Waals surface area contributed by atoms with E-state index in [0.29, 0.717) is 6.54 Å². The maximum atomic E-state index is 13.2. The highest BCUT2D eigenvalue weighted by Gasteiger charge is 2.21. The first-order chi connectivity index (χ1) is 8.71. The monoisotopic (exact) mass is 269 g/mol. The SMILES string of the molecule is CN(C)CC(C)(C)CNc1cc(F)ccc1[N+](=O)[O-]. The molecule has 5 nitrogen and oxygen atoms in total. The van der Waals surface area contributed by atoms with Gasteiger partial charge in [0.2, 0.25) is 0 Å². The van der Waals surface area contributed by atoms with Gasteiger partial charge in [0.25, 0.3) is 5.69 Å². The van der Waals surface area contributed by atoms with Crippen molar-refractivity contribution >= 4 is 11.4 Å². The molecule has 0 heterocycles. The van der Waals surface area contributed by atoms with Gasteiger partial charge in [-0.3, -0.25) is 10.1 Å². The highest BCUT2D eigenvalue weighted by molar-refractivity contribution is 5.61. The zero-order chi connectivity index (χ0) is 14.6. The number of nitro benzene ring substituents is 1. The molecule has 1 rings (SSSR count). The van der Waals surface area contributed by atoms with Crippen LogP contribution in [0.25, 0.3) is 0 Å². The molecule has 0 saturated heterocycles. The molecule has 0 spiro atoms. The minimum atomic E-state index is -0.513. The highest BCUT2D eigenvalue weighted by atomic mass is 19.1. The molecule has 0 fully saturated rings. The summed E-state index contributed by atoms with van der Waals surface area (Å²) in [5.41, 5.74) is 0.0304. The predicted molar refractivity (Wildman–Crippen MR) is 73.9 cm³/mol. The van der Waals surface area contributed by atoms with E-state index in [0.717, 1.165) is 18.7 Å². The summed E-state index contributed by atoms with van der Waals surface area (Å²) in [6.07, 6.45) is 0. The molecule has 6 heteroatoms. The van der Waals surface area contributed by atoms with Gasteiger partial charge >= 0.3 is 0 Å². The number of nitrogens with zero attached hydrogens (tertiary/aromatic N) is 2. The Balaban J connectivity index is 2.82. The number of benzene rings is 1. The first-order valence-corrected chi connectivity index (χ1v) is 6.04. The first kappa shape index (κ1) is 15.4. The Morgan fingerprint density at radius 2 is 2.05 bits per heavy atom. The molecule has 106 valence electrons. The van der Waals surface area contributed by atoms with Gasteiger partial charge in [-0.2, -0.15) is 0 Å². The van der Waals surface area contributed by atoms with E-state index >= 15 is 0 Å². The van der Waals surface area contributed by atoms with Gasteiger partial charge in [-0.15, -0.1) is 0 Å². The number of nitrogens with one attached hydrogen (secondary N) is 1. The predicted octanol–water partition coefficient (Wildman–Crippen LogP) is 2.73. The molecule has 1 aromatic carbocycles. The molecule has 0 bridgehead atoms. The fraction of sp³-hybridized carbons (Fsp3) is 0.538. The number of anilines is 1. The van der Waals surface area contributed by atoms with Gasteiger partial charge in [-0.05, 0) is 25.6 Å². The van der Waals surface area contributed by atoms with Gasteiger partial charge in [0.15, 0.2) is 0 Å². The van der Waals surface area contributed by atoms with Crippen molar-refractivity contribution < 1.29 is 9.31 Å². The van der Waals surface area contributed by atoms with Gasteiger partial charge in [0, 0.05) is 25.2 Å². The fourth-order valence-corrected chi connectivity index (χ4v) is 2.06. The van der Waals surface area contributed by atoms with Crippen molar-refractivity contribution in [2.24, 2.45) is 5.41 Å². The minimum Gasteiger partial charge on any atom is -0.379 e. The molecular formula is C13H20FN3O2. The number of nitro groups is 1. The molecule has 0 atom stereocenters. The summed E-state index contributed by atoms with van der Waals surface area (Å²) in [4.78, 5) is 12.4. The summed E-state index contributed by atoms with van der Waals surface area (Å²) in [5, 5.41) is 13.8. The standard InChI is InChI=1S/C13H20FN3O2/c1-13(2,9-16(3)4)8-15-11-7-10(14)5-6-12(11)17(18)19/h5-7,15H,8-9H2,1-4H3. The lowest BCUT2D eigenvalue weighted by Crippen LogP contribution is -2.34. The van der Waals surface area contributed by atoms with Crippen molar-refractivity contribution in [3.63, 3.8) is 0 Å². The van der Waals surface area contributed by atoms with Gasteiger partial charge in [0.1, 0.15) is 11.5 Å². The summed E-state index contributed by atoms with van der Waals surface area (Å²) in [5.74, 6) is -0.487. The second kappa shape index (κ2) is 5.97. The van der Waals surface area contributed by atoms with Gasteiger partial charge < -0.3 is 10.2 Å². The van der Waals surface area contributed by atoms with Crippen LogP contribution in [-0.2, 0) is 0 Å². The molecule has 1 aromatic rings. The van der Waals surface area contributed by atoms with Gasteiger partial charge in [0.05, 0.1) is 4.92 Å². The Morgan fingerprint density at radius 1 is 1.42 bits per heavy atom. The summed E-state index contributed by atoms with van der Waals surface area (Å²) in [7, 11) is 3.93. The Hall–Kier alpha value is -1.69. The molecule has 19 heavy (non-hydrogen) atoms. The van der Waals surface area contributed by atoms with E-state index in [-0.39, 0.29) is 16.8 Å². The summed E-state index contributed by atoms with van der Waals surface area (Å²) < 4.78 is 13.2. The van der Waals surface area contributed by atoms with Crippen LogP contribution in [-0.4, -0.2) is 37.0 Å². The molecule has 0 aliphatic carbocycles. The lowest BCUT2D eigenvalue weighted by Gasteiger charge is -2.28. The smallest absolute Gasteiger partial charge is 0.292 e. The average Bonchev–Trinajstić information content (AvgIpc) is 2.24. The van der Waals surface area contributed by atoms with Gasteiger partial charge in [-0.25, -0.2) is 4.39 Å². The molecule has 0 aliphatic heterocycles. The molecule has 0 unspecified atom stereocenters. The van der Waals surface area contributed by atoms with Crippen molar-refractivity contribution in [2.45, 2.75) is 13.8 Å². The second-order valence-electron chi connectivity index (χ2n) is 5.67. The molecule has 0 aliphatic rings. The molecule has 0 radical (unpaired) electrons. The van der Waals surface area contributed by atoms with E-state index in [9.17, 15) is 14.5 Å². The van der Waals surface area contributed by atoms with Crippen LogP contribution in [0.15, 0.2) is 18.2 Å². The fourth-order valence-electron chi connectivity index (χ4n) is 2.06. The van der Waals surface area contributed by atoms with Crippen molar-refractivity contribution in [3.05, 3.63) is 34.1 Å². The number of hydrogen-bond donors (Lipinski definition) is 1. The van der Waals surface area contributed by atoms with E-state index in [2.05, 4.69) is 5.32 Å². The Kier molecular flexibility index (Phi) is 4.83. The van der Waals surface area contributed by atoms with Crippen LogP contribution in [0.5, 0.6) is 0 Å². The van der Waals surface area contributed by atoms with Crippen LogP contribution in [0, 0.1) is 21.3 Å². The van der Waals surface area contributed by atoms with Crippen molar-refractivity contribution in [2.75, 3.05) is 32.5 Å². The zero-order valence-electron chi connectivity index (χ0n) is 11.7. The van der Waals surface area contributed by atoms with E-state index in [1.807, 2.05) is 32.8 Å². The third-order valence-corrected chi connectivity index (χ3v) is 2.66. The number of hydrogen-bond acceptors (Lipinski definition) is 4. The quantitative estimate of drug-likeness (QED) is 0.637. The van der Waals surface area contributed by atoms with E-state index in [4.69, 9.17) is 0 Å². The van der Waals surface area contributed by atoms with Crippen LogP contribution in [0.2, 0.25) is 0 Å². The Bertz CT molecular complexity index is 461. The highest BCUT2D eigenvalue weighted by Crippen LogP contribution is 2.26. The topological polar surface area (TPSA) is 58.4 Å².